The minimum atomic E-state index is -0.291. The standard InChI is InChI=1S/C20H25N5O3/c1-20(2,3)22-12-6-7-25(10-12)18-5-4-14(23-24-18)13-8-17-15(9-16(13)27)21-19(11-26)28-17/h4-5,8-9,12,22,26-27H,6-7,10-11H2,1-3H3. The van der Waals surface area contributed by atoms with E-state index in [0.29, 0.717) is 28.4 Å². The van der Waals surface area contributed by atoms with Crippen LogP contribution in [0.4, 0.5) is 5.82 Å². The first-order chi connectivity index (χ1) is 13.3. The summed E-state index contributed by atoms with van der Waals surface area (Å²) in [5.41, 5.74) is 2.13. The fourth-order valence-corrected chi connectivity index (χ4v) is 3.62. The molecule has 1 aromatic carbocycles. The number of phenols is 1. The van der Waals surface area contributed by atoms with E-state index in [1.165, 1.54) is 6.07 Å². The molecule has 4 rings (SSSR count). The van der Waals surface area contributed by atoms with E-state index < -0.39 is 0 Å². The van der Waals surface area contributed by atoms with Crippen molar-refractivity contribution in [2.75, 3.05) is 18.0 Å². The number of aliphatic hydroxyl groups excluding tert-OH is 1. The Bertz CT molecular complexity index is 978. The van der Waals surface area contributed by atoms with Gasteiger partial charge in [0.05, 0.1) is 5.69 Å². The number of nitrogens with one attached hydrogen (secondary N) is 1. The summed E-state index contributed by atoms with van der Waals surface area (Å²) in [5, 5.41) is 31.8. The van der Waals surface area contributed by atoms with E-state index in [-0.39, 0.29) is 23.8 Å². The average molecular weight is 383 g/mol. The highest BCUT2D eigenvalue weighted by Gasteiger charge is 2.26. The van der Waals surface area contributed by atoms with Crippen molar-refractivity contribution in [2.45, 2.75) is 45.4 Å². The largest absolute Gasteiger partial charge is 0.507 e. The summed E-state index contributed by atoms with van der Waals surface area (Å²) in [6, 6.07) is 7.37. The molecule has 148 valence electrons. The number of aliphatic hydroxyl groups is 1. The van der Waals surface area contributed by atoms with Crippen LogP contribution in [0, 0.1) is 0 Å². The molecule has 2 aromatic heterocycles. The zero-order chi connectivity index (χ0) is 19.9. The van der Waals surface area contributed by atoms with Gasteiger partial charge < -0.3 is 24.8 Å². The number of aromatic hydroxyl groups is 1. The lowest BCUT2D eigenvalue weighted by Gasteiger charge is -2.26. The quantitative estimate of drug-likeness (QED) is 0.631. The van der Waals surface area contributed by atoms with Crippen LogP contribution in [-0.2, 0) is 6.61 Å². The van der Waals surface area contributed by atoms with Crippen molar-refractivity contribution in [1.82, 2.24) is 20.5 Å². The predicted octanol–water partition coefficient (Wildman–Crippen LogP) is 2.45. The number of phenolic OH excluding ortho intramolecular Hbond substituents is 1. The van der Waals surface area contributed by atoms with E-state index in [0.717, 1.165) is 25.3 Å². The van der Waals surface area contributed by atoms with Gasteiger partial charge in [-0.2, -0.15) is 0 Å². The van der Waals surface area contributed by atoms with Gasteiger partial charge in [0.25, 0.3) is 0 Å². The summed E-state index contributed by atoms with van der Waals surface area (Å²) >= 11 is 0. The minimum absolute atomic E-state index is 0.0444. The molecular weight excluding hydrogens is 358 g/mol. The number of benzene rings is 1. The molecule has 1 saturated heterocycles. The van der Waals surface area contributed by atoms with Gasteiger partial charge in [-0.3, -0.25) is 0 Å². The second-order valence-electron chi connectivity index (χ2n) is 8.21. The van der Waals surface area contributed by atoms with Crippen LogP contribution in [0.1, 0.15) is 33.1 Å². The van der Waals surface area contributed by atoms with Gasteiger partial charge in [0, 0.05) is 36.3 Å². The molecule has 0 bridgehead atoms. The van der Waals surface area contributed by atoms with Gasteiger partial charge >= 0.3 is 0 Å². The maximum absolute atomic E-state index is 10.3. The third-order valence-electron chi connectivity index (χ3n) is 4.76. The smallest absolute Gasteiger partial charge is 0.221 e. The molecule has 3 heterocycles. The lowest BCUT2D eigenvalue weighted by Crippen LogP contribution is -2.45. The van der Waals surface area contributed by atoms with Gasteiger partial charge in [-0.25, -0.2) is 4.98 Å². The minimum Gasteiger partial charge on any atom is -0.507 e. The van der Waals surface area contributed by atoms with Crippen LogP contribution in [0.5, 0.6) is 5.75 Å². The van der Waals surface area contributed by atoms with Gasteiger partial charge in [-0.05, 0) is 45.4 Å². The number of nitrogens with zero attached hydrogens (tertiary/aromatic N) is 4. The molecule has 0 amide bonds. The molecule has 3 N–H and O–H groups in total. The van der Waals surface area contributed by atoms with E-state index in [1.807, 2.05) is 12.1 Å². The van der Waals surface area contributed by atoms with Crippen LogP contribution in [-0.4, -0.2) is 50.1 Å². The maximum Gasteiger partial charge on any atom is 0.221 e. The first-order valence-corrected chi connectivity index (χ1v) is 9.42. The van der Waals surface area contributed by atoms with Crippen molar-refractivity contribution in [3.8, 4) is 17.0 Å². The first-order valence-electron chi connectivity index (χ1n) is 9.42. The molecule has 1 aliphatic rings. The molecule has 1 unspecified atom stereocenters. The van der Waals surface area contributed by atoms with Crippen LogP contribution in [0.15, 0.2) is 28.7 Å². The molecule has 0 radical (unpaired) electrons. The van der Waals surface area contributed by atoms with Gasteiger partial charge in [0.1, 0.15) is 17.9 Å². The second-order valence-corrected chi connectivity index (χ2v) is 8.21. The Morgan fingerprint density at radius 3 is 2.75 bits per heavy atom. The van der Waals surface area contributed by atoms with Crippen LogP contribution in [0.3, 0.4) is 0 Å². The molecule has 0 aliphatic carbocycles. The Hall–Kier alpha value is -2.71. The zero-order valence-electron chi connectivity index (χ0n) is 16.3. The molecule has 1 aliphatic heterocycles. The van der Waals surface area contributed by atoms with E-state index in [2.05, 4.69) is 46.2 Å². The maximum atomic E-state index is 10.3. The van der Waals surface area contributed by atoms with Crippen molar-refractivity contribution in [3.63, 3.8) is 0 Å². The monoisotopic (exact) mass is 383 g/mol. The molecule has 8 nitrogen and oxygen atoms in total. The predicted molar refractivity (Wildman–Crippen MR) is 106 cm³/mol. The molecular formula is C20H25N5O3. The zero-order valence-corrected chi connectivity index (χ0v) is 16.3. The number of hydrogen-bond acceptors (Lipinski definition) is 8. The second kappa shape index (κ2) is 7.03. The molecule has 0 spiro atoms. The van der Waals surface area contributed by atoms with Gasteiger partial charge in [-0.15, -0.1) is 10.2 Å². The fourth-order valence-electron chi connectivity index (χ4n) is 3.62. The van der Waals surface area contributed by atoms with Crippen molar-refractivity contribution >= 4 is 16.9 Å². The number of anilines is 1. The van der Waals surface area contributed by atoms with Crippen LogP contribution in [0.25, 0.3) is 22.4 Å². The van der Waals surface area contributed by atoms with Crippen molar-refractivity contribution in [3.05, 3.63) is 30.2 Å². The Balaban J connectivity index is 1.54. The fraction of sp³-hybridized carbons (Fsp3) is 0.450. The molecule has 8 heteroatoms. The lowest BCUT2D eigenvalue weighted by molar-refractivity contribution is 0.244. The number of rotatable bonds is 4. The first kappa shape index (κ1) is 18.6. The summed E-state index contributed by atoms with van der Waals surface area (Å²) in [4.78, 5) is 6.32. The van der Waals surface area contributed by atoms with E-state index >= 15 is 0 Å². The number of fused-ring (bicyclic) bond motifs is 1. The molecule has 0 saturated carbocycles. The highest BCUT2D eigenvalue weighted by atomic mass is 16.4. The molecule has 1 fully saturated rings. The number of oxazole rings is 1. The van der Waals surface area contributed by atoms with Crippen molar-refractivity contribution in [2.24, 2.45) is 0 Å². The highest BCUT2D eigenvalue weighted by molar-refractivity contribution is 5.83. The number of hydrogen-bond donors (Lipinski definition) is 3. The van der Waals surface area contributed by atoms with Gasteiger partial charge in [-0.1, -0.05) is 0 Å². The Morgan fingerprint density at radius 1 is 1.25 bits per heavy atom. The van der Waals surface area contributed by atoms with Gasteiger partial charge in [0.15, 0.2) is 11.4 Å². The summed E-state index contributed by atoms with van der Waals surface area (Å²) in [7, 11) is 0. The van der Waals surface area contributed by atoms with Crippen LogP contribution >= 0.6 is 0 Å². The summed E-state index contributed by atoms with van der Waals surface area (Å²) < 4.78 is 5.46. The summed E-state index contributed by atoms with van der Waals surface area (Å²) in [5.74, 6) is 1.08. The Labute approximate surface area is 163 Å². The third-order valence-corrected chi connectivity index (χ3v) is 4.76. The van der Waals surface area contributed by atoms with E-state index in [9.17, 15) is 5.11 Å². The third kappa shape index (κ3) is 3.79. The summed E-state index contributed by atoms with van der Waals surface area (Å²) in [6.45, 7) is 8.05. The average Bonchev–Trinajstić information content (AvgIpc) is 3.26. The molecule has 1 atom stereocenters. The topological polar surface area (TPSA) is 108 Å². The van der Waals surface area contributed by atoms with E-state index in [4.69, 9.17) is 9.52 Å². The van der Waals surface area contributed by atoms with E-state index in [1.54, 1.807) is 6.07 Å². The summed E-state index contributed by atoms with van der Waals surface area (Å²) in [6.07, 6.45) is 1.07. The van der Waals surface area contributed by atoms with Crippen molar-refractivity contribution in [1.29, 1.82) is 0 Å². The molecule has 3 aromatic rings. The SMILES string of the molecule is CC(C)(C)NC1CCN(c2ccc(-c3cc4oc(CO)nc4cc3O)nn2)C1. The van der Waals surface area contributed by atoms with Crippen LogP contribution < -0.4 is 10.2 Å². The highest BCUT2D eigenvalue weighted by Crippen LogP contribution is 2.33. The molecule has 28 heavy (non-hydrogen) atoms. The Morgan fingerprint density at radius 2 is 2.07 bits per heavy atom. The lowest BCUT2D eigenvalue weighted by atomic mass is 10.1. The normalized spacial score (nSPS) is 17.6. The van der Waals surface area contributed by atoms with Crippen LogP contribution in [0.2, 0.25) is 0 Å². The Kier molecular flexibility index (Phi) is 4.68. The number of aromatic nitrogens is 3. The van der Waals surface area contributed by atoms with Gasteiger partial charge in [0.2, 0.25) is 5.89 Å². The van der Waals surface area contributed by atoms with Crippen molar-refractivity contribution < 1.29 is 14.6 Å².